The molecule has 144 valence electrons. The maximum Gasteiger partial charge on any atom is 0.132 e. The Morgan fingerprint density at radius 2 is 1.70 bits per heavy atom. The van der Waals surface area contributed by atoms with Gasteiger partial charge in [-0.1, -0.05) is 46.4 Å². The highest BCUT2D eigenvalue weighted by molar-refractivity contribution is 6.09. The van der Waals surface area contributed by atoms with E-state index in [1.54, 1.807) is 0 Å². The van der Waals surface area contributed by atoms with Crippen LogP contribution < -0.4 is 5.32 Å². The Bertz CT molecular complexity index is 834. The van der Waals surface area contributed by atoms with Gasteiger partial charge in [-0.3, -0.25) is 4.99 Å². The van der Waals surface area contributed by atoms with Gasteiger partial charge in [0.15, 0.2) is 0 Å². The van der Waals surface area contributed by atoms with Crippen LogP contribution in [0.1, 0.15) is 72.6 Å². The molecular weight excluding hydrogens is 328 g/mol. The lowest BCUT2D eigenvalue weighted by Gasteiger charge is -2.19. The van der Waals surface area contributed by atoms with Crippen molar-refractivity contribution in [3.05, 3.63) is 69.8 Å². The predicted molar refractivity (Wildman–Crippen MR) is 121 cm³/mol. The molecule has 0 amide bonds. The lowest BCUT2D eigenvalue weighted by atomic mass is 9.93. The summed E-state index contributed by atoms with van der Waals surface area (Å²) in [5.74, 6) is 1.37. The molecule has 0 heterocycles. The van der Waals surface area contributed by atoms with Crippen LogP contribution in [0, 0.1) is 13.8 Å². The Balaban J connectivity index is 2.54. The van der Waals surface area contributed by atoms with Crippen LogP contribution >= 0.6 is 0 Å². The van der Waals surface area contributed by atoms with Gasteiger partial charge in [0.1, 0.15) is 5.84 Å². The predicted octanol–water partition coefficient (Wildman–Crippen LogP) is 6.68. The molecule has 0 saturated heterocycles. The molecule has 0 radical (unpaired) electrons. The zero-order valence-electron chi connectivity index (χ0n) is 18.0. The molecule has 27 heavy (non-hydrogen) atoms. The zero-order chi connectivity index (χ0) is 20.1. The van der Waals surface area contributed by atoms with E-state index in [-0.39, 0.29) is 0 Å². The van der Waals surface area contributed by atoms with Crippen molar-refractivity contribution in [3.8, 4) is 0 Å². The number of rotatable bonds is 6. The molecule has 2 aromatic rings. The van der Waals surface area contributed by atoms with Crippen LogP contribution in [0.25, 0.3) is 6.08 Å². The number of amidine groups is 1. The molecule has 0 fully saturated rings. The Morgan fingerprint density at radius 1 is 1.07 bits per heavy atom. The first-order valence-corrected chi connectivity index (χ1v) is 9.99. The topological polar surface area (TPSA) is 24.4 Å². The molecule has 2 aromatic carbocycles. The van der Waals surface area contributed by atoms with Crippen molar-refractivity contribution in [2.45, 2.75) is 60.3 Å². The maximum absolute atomic E-state index is 4.57. The molecule has 0 spiro atoms. The number of nitrogens with one attached hydrogen (secondary N) is 1. The lowest BCUT2D eigenvalue weighted by molar-refractivity contribution is 0.862. The van der Waals surface area contributed by atoms with Crippen LogP contribution in [0.2, 0.25) is 0 Å². The van der Waals surface area contributed by atoms with Gasteiger partial charge in [-0.15, -0.1) is 0 Å². The summed E-state index contributed by atoms with van der Waals surface area (Å²) in [5, 5.41) is 3.61. The number of nitrogens with zero attached hydrogens (tertiary/aromatic N) is 1. The Kier molecular flexibility index (Phi) is 7.01. The summed E-state index contributed by atoms with van der Waals surface area (Å²) in [7, 11) is 1.85. The van der Waals surface area contributed by atoms with Gasteiger partial charge >= 0.3 is 0 Å². The smallest absolute Gasteiger partial charge is 0.132 e. The Morgan fingerprint density at radius 3 is 2.15 bits per heavy atom. The van der Waals surface area contributed by atoms with E-state index in [0.29, 0.717) is 5.92 Å². The van der Waals surface area contributed by atoms with Crippen LogP contribution in [-0.4, -0.2) is 12.9 Å². The van der Waals surface area contributed by atoms with E-state index >= 15 is 0 Å². The third-order valence-electron chi connectivity index (χ3n) is 5.34. The van der Waals surface area contributed by atoms with Crippen molar-refractivity contribution in [2.75, 3.05) is 12.4 Å². The highest BCUT2D eigenvalue weighted by atomic mass is 15.0. The fourth-order valence-corrected chi connectivity index (χ4v) is 3.78. The summed E-state index contributed by atoms with van der Waals surface area (Å²) in [5.41, 5.74) is 10.1. The van der Waals surface area contributed by atoms with E-state index < -0.39 is 0 Å². The number of anilines is 1. The molecule has 0 unspecified atom stereocenters. The van der Waals surface area contributed by atoms with Crippen molar-refractivity contribution in [3.63, 3.8) is 0 Å². The van der Waals surface area contributed by atoms with Crippen molar-refractivity contribution in [1.29, 1.82) is 0 Å². The van der Waals surface area contributed by atoms with E-state index in [9.17, 15) is 0 Å². The van der Waals surface area contributed by atoms with Gasteiger partial charge in [0.05, 0.1) is 0 Å². The van der Waals surface area contributed by atoms with E-state index in [1.165, 1.54) is 33.4 Å². The molecule has 1 N–H and O–H groups in total. The van der Waals surface area contributed by atoms with Crippen LogP contribution in [0.5, 0.6) is 0 Å². The molecule has 2 rings (SSSR count). The average molecular weight is 363 g/mol. The van der Waals surface area contributed by atoms with Gasteiger partial charge in [0.2, 0.25) is 0 Å². The second-order valence-electron chi connectivity index (χ2n) is 7.49. The van der Waals surface area contributed by atoms with E-state index in [4.69, 9.17) is 0 Å². The first-order valence-electron chi connectivity index (χ1n) is 9.99. The quantitative estimate of drug-likeness (QED) is 0.449. The second kappa shape index (κ2) is 9.03. The van der Waals surface area contributed by atoms with Crippen LogP contribution in [0.3, 0.4) is 0 Å². The Hall–Kier alpha value is -2.35. The van der Waals surface area contributed by atoms with Gasteiger partial charge in [0.25, 0.3) is 0 Å². The fraction of sp³-hybridized carbons (Fsp3) is 0.400. The van der Waals surface area contributed by atoms with Crippen LogP contribution in [0.4, 0.5) is 5.69 Å². The van der Waals surface area contributed by atoms with Crippen molar-refractivity contribution >= 4 is 17.6 Å². The fourth-order valence-electron chi connectivity index (χ4n) is 3.78. The summed E-state index contributed by atoms with van der Waals surface area (Å²) in [6.07, 6.45) is 3.99. The molecule has 0 aromatic heterocycles. The molecule has 2 heteroatoms. The summed E-state index contributed by atoms with van der Waals surface area (Å²) in [6, 6.07) is 9.02. The van der Waals surface area contributed by atoms with Gasteiger partial charge in [0, 0.05) is 23.9 Å². The molecule has 0 saturated carbocycles. The molecule has 0 aliphatic carbocycles. The number of hydrogen-bond acceptors (Lipinski definition) is 1. The maximum atomic E-state index is 4.57. The highest BCUT2D eigenvalue weighted by Crippen LogP contribution is 2.29. The highest BCUT2D eigenvalue weighted by Gasteiger charge is 2.14. The van der Waals surface area contributed by atoms with Crippen LogP contribution in [-0.2, 0) is 12.8 Å². The molecule has 0 aliphatic heterocycles. The van der Waals surface area contributed by atoms with Gasteiger partial charge < -0.3 is 5.32 Å². The van der Waals surface area contributed by atoms with Crippen molar-refractivity contribution < 1.29 is 0 Å². The number of benzene rings is 2. The number of aryl methyl sites for hydroxylation is 3. The van der Waals surface area contributed by atoms with E-state index in [0.717, 1.165) is 29.9 Å². The molecular formula is C25H34N2. The molecule has 0 aliphatic rings. The average Bonchev–Trinajstić information content (AvgIpc) is 2.64. The molecule has 2 nitrogen and oxygen atoms in total. The second-order valence-corrected chi connectivity index (χ2v) is 7.49. The van der Waals surface area contributed by atoms with E-state index in [1.807, 2.05) is 13.1 Å². The van der Waals surface area contributed by atoms with E-state index in [2.05, 4.69) is 82.7 Å². The minimum Gasteiger partial charge on any atom is -0.340 e. The molecule has 0 atom stereocenters. The first-order chi connectivity index (χ1) is 12.9. The van der Waals surface area contributed by atoms with Gasteiger partial charge in [-0.05, 0) is 78.6 Å². The standard InChI is InChI=1S/C25H34N2/c1-9-19-14-20(16(4)5)15-24(23(19)11-3)27-25(26-8)21-12-17(6)22(10-2)18(7)13-21/h11-16H,3,9-10H2,1-2,4-8H3,(H,26,27). The lowest BCUT2D eigenvalue weighted by Crippen LogP contribution is -2.16. The normalized spacial score (nSPS) is 11.8. The summed E-state index contributed by atoms with van der Waals surface area (Å²) in [4.78, 5) is 4.57. The zero-order valence-corrected chi connectivity index (χ0v) is 18.0. The summed E-state index contributed by atoms with van der Waals surface area (Å²) < 4.78 is 0. The van der Waals surface area contributed by atoms with Gasteiger partial charge in [-0.2, -0.15) is 0 Å². The third kappa shape index (κ3) is 4.50. The van der Waals surface area contributed by atoms with Crippen LogP contribution in [0.15, 0.2) is 35.8 Å². The SMILES string of the molecule is C=Cc1c(CC)cc(C(C)C)cc1NC(=NC)c1cc(C)c(CC)c(C)c1. The minimum atomic E-state index is 0.477. The third-order valence-corrected chi connectivity index (χ3v) is 5.34. The summed E-state index contributed by atoms with van der Waals surface area (Å²) >= 11 is 0. The monoisotopic (exact) mass is 362 g/mol. The number of aliphatic imine (C=N–C) groups is 1. The number of hydrogen-bond donors (Lipinski definition) is 1. The molecule has 0 bridgehead atoms. The largest absolute Gasteiger partial charge is 0.340 e. The summed E-state index contributed by atoms with van der Waals surface area (Å²) in [6.45, 7) is 17.3. The van der Waals surface area contributed by atoms with Crippen molar-refractivity contribution in [2.24, 2.45) is 4.99 Å². The first kappa shape index (κ1) is 21.0. The van der Waals surface area contributed by atoms with Crippen molar-refractivity contribution in [1.82, 2.24) is 0 Å². The minimum absolute atomic E-state index is 0.477. The Labute approximate surface area is 165 Å². The van der Waals surface area contributed by atoms with Gasteiger partial charge in [-0.25, -0.2) is 0 Å².